The highest BCUT2D eigenvalue weighted by atomic mass is 16.5. The molecule has 0 aliphatic heterocycles. The van der Waals surface area contributed by atoms with Crippen molar-refractivity contribution in [3.05, 3.63) is 0 Å². The summed E-state index contributed by atoms with van der Waals surface area (Å²) in [6.45, 7) is 3.86. The van der Waals surface area contributed by atoms with Crippen LogP contribution < -0.4 is 10.6 Å². The molecular weight excluding hydrogens is 200 g/mol. The molecule has 0 saturated carbocycles. The van der Waals surface area contributed by atoms with Gasteiger partial charge in [-0.1, -0.05) is 13.8 Å². The smallest absolute Gasteiger partial charge is 0.328 e. The van der Waals surface area contributed by atoms with Gasteiger partial charge in [-0.25, -0.2) is 4.79 Å². The van der Waals surface area contributed by atoms with Crippen molar-refractivity contribution in [2.24, 2.45) is 0 Å². The van der Waals surface area contributed by atoms with Gasteiger partial charge in [-0.15, -0.1) is 0 Å². The number of amides is 1. The fraction of sp³-hybridized carbons (Fsp3) is 0.778. The largest absolute Gasteiger partial charge is 0.480 e. The maximum Gasteiger partial charge on any atom is 0.328 e. The molecule has 0 aliphatic rings. The molecule has 88 valence electrons. The standard InChI is InChI=1S/C9H18N2O4/c1-6(2)10-4-8(12)11-7(5-15-3)9(13)14/h6-7,10H,4-5H2,1-3H3,(H,11,12)(H,13,14). The van der Waals surface area contributed by atoms with E-state index in [9.17, 15) is 9.59 Å². The zero-order valence-electron chi connectivity index (χ0n) is 9.24. The summed E-state index contributed by atoms with van der Waals surface area (Å²) in [5, 5.41) is 13.9. The van der Waals surface area contributed by atoms with Gasteiger partial charge in [0.1, 0.15) is 0 Å². The number of carboxylic acid groups (broad SMARTS) is 1. The Hall–Kier alpha value is -1.14. The monoisotopic (exact) mass is 218 g/mol. The van der Waals surface area contributed by atoms with Crippen molar-refractivity contribution in [1.82, 2.24) is 10.6 Å². The van der Waals surface area contributed by atoms with E-state index in [2.05, 4.69) is 15.4 Å². The molecule has 0 spiro atoms. The van der Waals surface area contributed by atoms with Crippen LogP contribution in [0, 0.1) is 0 Å². The third kappa shape index (κ3) is 6.87. The van der Waals surface area contributed by atoms with Gasteiger partial charge in [0.05, 0.1) is 13.2 Å². The van der Waals surface area contributed by atoms with Gasteiger partial charge in [-0.3, -0.25) is 4.79 Å². The van der Waals surface area contributed by atoms with Gasteiger partial charge in [0, 0.05) is 13.2 Å². The molecule has 1 atom stereocenters. The number of carboxylic acids is 1. The van der Waals surface area contributed by atoms with E-state index in [-0.39, 0.29) is 25.1 Å². The SMILES string of the molecule is COCC(NC(=O)CNC(C)C)C(=O)O. The Balaban J connectivity index is 3.94. The summed E-state index contributed by atoms with van der Waals surface area (Å²) in [5.74, 6) is -1.46. The molecule has 0 heterocycles. The molecule has 1 unspecified atom stereocenters. The number of rotatable bonds is 7. The normalized spacial score (nSPS) is 12.5. The van der Waals surface area contributed by atoms with Crippen LogP contribution >= 0.6 is 0 Å². The van der Waals surface area contributed by atoms with E-state index in [1.807, 2.05) is 13.8 Å². The van der Waals surface area contributed by atoms with Gasteiger partial charge in [0.25, 0.3) is 0 Å². The van der Waals surface area contributed by atoms with Crippen LogP contribution in [-0.2, 0) is 14.3 Å². The van der Waals surface area contributed by atoms with Crippen molar-refractivity contribution in [3.8, 4) is 0 Å². The van der Waals surface area contributed by atoms with Gasteiger partial charge in [-0.2, -0.15) is 0 Å². The maximum atomic E-state index is 11.2. The van der Waals surface area contributed by atoms with Crippen molar-refractivity contribution in [1.29, 1.82) is 0 Å². The van der Waals surface area contributed by atoms with Crippen LogP contribution in [0.5, 0.6) is 0 Å². The van der Waals surface area contributed by atoms with Crippen molar-refractivity contribution in [2.45, 2.75) is 25.9 Å². The van der Waals surface area contributed by atoms with Crippen LogP contribution in [-0.4, -0.2) is 49.3 Å². The Kier molecular flexibility index (Phi) is 6.64. The first-order valence-corrected chi connectivity index (χ1v) is 4.71. The third-order valence-corrected chi connectivity index (χ3v) is 1.64. The van der Waals surface area contributed by atoms with Crippen molar-refractivity contribution in [3.63, 3.8) is 0 Å². The van der Waals surface area contributed by atoms with Crippen molar-refractivity contribution in [2.75, 3.05) is 20.3 Å². The van der Waals surface area contributed by atoms with Gasteiger partial charge < -0.3 is 20.5 Å². The minimum absolute atomic E-state index is 0.0389. The molecule has 1 amide bonds. The maximum absolute atomic E-state index is 11.2. The number of methoxy groups -OCH3 is 1. The topological polar surface area (TPSA) is 87.7 Å². The summed E-state index contributed by atoms with van der Waals surface area (Å²) in [6.07, 6.45) is 0. The predicted molar refractivity (Wildman–Crippen MR) is 54.6 cm³/mol. The zero-order valence-corrected chi connectivity index (χ0v) is 9.24. The van der Waals surface area contributed by atoms with E-state index in [4.69, 9.17) is 5.11 Å². The van der Waals surface area contributed by atoms with E-state index in [0.717, 1.165) is 0 Å². The van der Waals surface area contributed by atoms with Crippen LogP contribution in [0.1, 0.15) is 13.8 Å². The first-order chi connectivity index (χ1) is 6.97. The lowest BCUT2D eigenvalue weighted by atomic mass is 10.3. The average molecular weight is 218 g/mol. The molecule has 6 nitrogen and oxygen atoms in total. The first-order valence-electron chi connectivity index (χ1n) is 4.71. The van der Waals surface area contributed by atoms with E-state index in [0.29, 0.717) is 0 Å². The summed E-state index contributed by atoms with van der Waals surface area (Å²) in [5.41, 5.74) is 0. The molecule has 0 radical (unpaired) electrons. The Morgan fingerprint density at radius 3 is 2.40 bits per heavy atom. The Labute approximate surface area is 89.0 Å². The van der Waals surface area contributed by atoms with E-state index < -0.39 is 12.0 Å². The molecule has 15 heavy (non-hydrogen) atoms. The molecule has 3 N–H and O–H groups in total. The fourth-order valence-corrected chi connectivity index (χ4v) is 0.884. The van der Waals surface area contributed by atoms with Crippen LogP contribution in [0.25, 0.3) is 0 Å². The Morgan fingerprint density at radius 2 is 2.00 bits per heavy atom. The molecule has 0 aliphatic carbocycles. The highest BCUT2D eigenvalue weighted by Gasteiger charge is 2.19. The lowest BCUT2D eigenvalue weighted by molar-refractivity contribution is -0.143. The lowest BCUT2D eigenvalue weighted by Gasteiger charge is -2.14. The second kappa shape index (κ2) is 7.19. The van der Waals surface area contributed by atoms with Gasteiger partial charge >= 0.3 is 5.97 Å². The minimum Gasteiger partial charge on any atom is -0.480 e. The van der Waals surface area contributed by atoms with Crippen LogP contribution in [0.3, 0.4) is 0 Å². The molecule has 0 aromatic rings. The van der Waals surface area contributed by atoms with Crippen molar-refractivity contribution >= 4 is 11.9 Å². The summed E-state index contributed by atoms with van der Waals surface area (Å²) < 4.78 is 4.68. The quantitative estimate of drug-likeness (QED) is 0.520. The van der Waals surface area contributed by atoms with E-state index >= 15 is 0 Å². The number of hydrogen-bond acceptors (Lipinski definition) is 4. The Bertz CT molecular complexity index is 218. The molecule has 6 heteroatoms. The Morgan fingerprint density at radius 1 is 1.40 bits per heavy atom. The van der Waals surface area contributed by atoms with Crippen LogP contribution in [0.15, 0.2) is 0 Å². The van der Waals surface area contributed by atoms with E-state index in [1.54, 1.807) is 0 Å². The molecule has 0 aromatic carbocycles. The average Bonchev–Trinajstić information content (AvgIpc) is 2.14. The summed E-state index contributed by atoms with van der Waals surface area (Å²) in [7, 11) is 1.38. The lowest BCUT2D eigenvalue weighted by Crippen LogP contribution is -2.47. The third-order valence-electron chi connectivity index (χ3n) is 1.64. The second-order valence-electron chi connectivity index (χ2n) is 3.45. The predicted octanol–water partition coefficient (Wildman–Crippen LogP) is -0.800. The van der Waals surface area contributed by atoms with Gasteiger partial charge in [-0.05, 0) is 0 Å². The minimum atomic E-state index is -1.10. The number of carbonyl (C=O) groups is 2. The summed E-state index contributed by atoms with van der Waals surface area (Å²) in [6, 6.07) is -0.807. The number of carbonyl (C=O) groups excluding carboxylic acids is 1. The zero-order chi connectivity index (χ0) is 11.8. The summed E-state index contributed by atoms with van der Waals surface area (Å²) in [4.78, 5) is 21.9. The number of ether oxygens (including phenoxy) is 1. The van der Waals surface area contributed by atoms with Crippen LogP contribution in [0.4, 0.5) is 0 Å². The number of nitrogens with one attached hydrogen (secondary N) is 2. The molecular formula is C9H18N2O4. The first kappa shape index (κ1) is 13.9. The molecule has 0 fully saturated rings. The molecule has 0 saturated heterocycles. The highest BCUT2D eigenvalue weighted by molar-refractivity contribution is 5.84. The molecule has 0 rings (SSSR count). The van der Waals surface area contributed by atoms with E-state index in [1.165, 1.54) is 7.11 Å². The summed E-state index contributed by atoms with van der Waals surface area (Å²) >= 11 is 0. The van der Waals surface area contributed by atoms with Crippen molar-refractivity contribution < 1.29 is 19.4 Å². The molecule has 0 bridgehead atoms. The fourth-order valence-electron chi connectivity index (χ4n) is 0.884. The highest BCUT2D eigenvalue weighted by Crippen LogP contribution is 1.85. The van der Waals surface area contributed by atoms with Crippen LogP contribution in [0.2, 0.25) is 0 Å². The van der Waals surface area contributed by atoms with Gasteiger partial charge in [0.15, 0.2) is 6.04 Å². The second-order valence-corrected chi connectivity index (χ2v) is 3.45. The van der Waals surface area contributed by atoms with Gasteiger partial charge in [0.2, 0.25) is 5.91 Å². The number of hydrogen-bond donors (Lipinski definition) is 3. The molecule has 0 aromatic heterocycles. The number of aliphatic carboxylic acids is 1.